The maximum atomic E-state index is 13.2. The zero-order valence-corrected chi connectivity index (χ0v) is 7.28. The molecular formula is C7H9FN2S. The molecular weight excluding hydrogens is 163 g/mol. The number of fused-ring (bicyclic) bond motifs is 1. The van der Waals surface area contributed by atoms with Crippen molar-refractivity contribution in [2.75, 3.05) is 7.05 Å². The normalized spacial score (nSPS) is 24.1. The molecule has 1 unspecified atom stereocenters. The Labute approximate surface area is 68.7 Å². The van der Waals surface area contributed by atoms with Gasteiger partial charge in [-0.25, -0.2) is 9.37 Å². The topological polar surface area (TPSA) is 16.1 Å². The number of hydrogen-bond donors (Lipinski definition) is 0. The minimum Gasteiger partial charge on any atom is -0.267 e. The van der Waals surface area contributed by atoms with Crippen molar-refractivity contribution in [1.82, 2.24) is 9.88 Å². The van der Waals surface area contributed by atoms with Gasteiger partial charge in [0.25, 0.3) is 0 Å². The molecule has 0 N–H and O–H groups in total. The fourth-order valence-electron chi connectivity index (χ4n) is 1.30. The first-order chi connectivity index (χ1) is 5.18. The lowest BCUT2D eigenvalue weighted by atomic mass is 10.4. The smallest absolute Gasteiger partial charge is 0.197 e. The molecule has 0 saturated heterocycles. The summed E-state index contributed by atoms with van der Waals surface area (Å²) in [5.74, 6) is 0. The van der Waals surface area contributed by atoms with Gasteiger partial charge in [-0.2, -0.15) is 0 Å². The lowest BCUT2D eigenvalue weighted by Crippen LogP contribution is -2.12. The predicted octanol–water partition coefficient (Wildman–Crippen LogP) is 1.87. The summed E-state index contributed by atoms with van der Waals surface area (Å²) in [6.45, 7) is 2.62. The van der Waals surface area contributed by atoms with Crippen LogP contribution in [0.1, 0.15) is 21.9 Å². The monoisotopic (exact) mass is 172 g/mol. The first-order valence-electron chi connectivity index (χ1n) is 3.49. The van der Waals surface area contributed by atoms with Crippen LogP contribution in [0.3, 0.4) is 0 Å². The van der Waals surface area contributed by atoms with Crippen LogP contribution in [0.4, 0.5) is 4.39 Å². The third kappa shape index (κ3) is 0.973. The largest absolute Gasteiger partial charge is 0.267 e. The van der Waals surface area contributed by atoms with E-state index in [-0.39, 0.29) is 0 Å². The zero-order valence-electron chi connectivity index (χ0n) is 6.47. The molecule has 0 fully saturated rings. The van der Waals surface area contributed by atoms with Crippen molar-refractivity contribution in [2.45, 2.75) is 19.8 Å². The number of hydrogen-bond acceptors (Lipinski definition) is 3. The van der Waals surface area contributed by atoms with Crippen LogP contribution in [0, 0.1) is 6.92 Å². The predicted molar refractivity (Wildman–Crippen MR) is 42.2 cm³/mol. The van der Waals surface area contributed by atoms with Crippen molar-refractivity contribution in [1.29, 1.82) is 0 Å². The lowest BCUT2D eigenvalue weighted by Gasteiger charge is -2.09. The van der Waals surface area contributed by atoms with E-state index in [4.69, 9.17) is 0 Å². The first-order valence-corrected chi connectivity index (χ1v) is 4.30. The fraction of sp³-hybridized carbons (Fsp3) is 0.571. The first kappa shape index (κ1) is 7.18. The van der Waals surface area contributed by atoms with Crippen LogP contribution in [0.2, 0.25) is 0 Å². The van der Waals surface area contributed by atoms with Crippen LogP contribution in [0.5, 0.6) is 0 Å². The van der Waals surface area contributed by atoms with E-state index < -0.39 is 6.30 Å². The van der Waals surface area contributed by atoms with Gasteiger partial charge >= 0.3 is 0 Å². The summed E-state index contributed by atoms with van der Waals surface area (Å²) < 4.78 is 13.2. The van der Waals surface area contributed by atoms with Crippen LogP contribution in [0.15, 0.2) is 0 Å². The lowest BCUT2D eigenvalue weighted by molar-refractivity contribution is 0.124. The van der Waals surface area contributed by atoms with Gasteiger partial charge < -0.3 is 0 Å². The van der Waals surface area contributed by atoms with Crippen LogP contribution in [-0.2, 0) is 6.54 Å². The highest BCUT2D eigenvalue weighted by molar-refractivity contribution is 7.11. The number of alkyl halides is 1. The standard InChI is InChI=1S/C7H9FN2S/c1-4-9-6-5(11-4)3-10(2)7(6)8/h7H,3H2,1-2H3. The van der Waals surface area contributed by atoms with Crippen LogP contribution in [0.25, 0.3) is 0 Å². The molecule has 1 atom stereocenters. The molecule has 2 nitrogen and oxygen atoms in total. The van der Waals surface area contributed by atoms with Crippen molar-refractivity contribution in [3.8, 4) is 0 Å². The minimum absolute atomic E-state index is 0.634. The molecule has 0 radical (unpaired) electrons. The van der Waals surface area contributed by atoms with Crippen LogP contribution < -0.4 is 0 Å². The molecule has 1 aromatic heterocycles. The van der Waals surface area contributed by atoms with Gasteiger partial charge in [0.2, 0.25) is 0 Å². The van der Waals surface area contributed by atoms with Crippen molar-refractivity contribution in [2.24, 2.45) is 0 Å². The summed E-state index contributed by atoms with van der Waals surface area (Å²) >= 11 is 1.59. The Bertz CT molecular complexity index is 284. The Kier molecular flexibility index (Phi) is 1.47. The third-order valence-corrected chi connectivity index (χ3v) is 2.81. The average Bonchev–Trinajstić information content (AvgIpc) is 2.37. The zero-order chi connectivity index (χ0) is 8.01. The van der Waals surface area contributed by atoms with E-state index in [1.165, 1.54) is 0 Å². The fourth-order valence-corrected chi connectivity index (χ4v) is 2.32. The van der Waals surface area contributed by atoms with Crippen LogP contribution in [-0.4, -0.2) is 16.9 Å². The summed E-state index contributed by atoms with van der Waals surface area (Å²) in [6, 6.07) is 0. The summed E-state index contributed by atoms with van der Waals surface area (Å²) in [6.07, 6.45) is -0.977. The van der Waals surface area contributed by atoms with Gasteiger partial charge in [-0.3, -0.25) is 4.90 Å². The molecule has 0 aromatic carbocycles. The molecule has 2 rings (SSSR count). The quantitative estimate of drug-likeness (QED) is 0.555. The maximum absolute atomic E-state index is 13.2. The maximum Gasteiger partial charge on any atom is 0.197 e. The molecule has 0 saturated carbocycles. The van der Waals surface area contributed by atoms with Gasteiger partial charge in [0.1, 0.15) is 5.69 Å². The summed E-state index contributed by atoms with van der Waals surface area (Å²) in [5, 5.41) is 0.964. The van der Waals surface area contributed by atoms with E-state index in [0.717, 1.165) is 9.88 Å². The molecule has 11 heavy (non-hydrogen) atoms. The number of nitrogens with zero attached hydrogens (tertiary/aromatic N) is 2. The Morgan fingerprint density at radius 1 is 1.73 bits per heavy atom. The number of rotatable bonds is 0. The van der Waals surface area contributed by atoms with Gasteiger partial charge in [0.15, 0.2) is 6.30 Å². The van der Waals surface area contributed by atoms with Gasteiger partial charge in [0, 0.05) is 11.4 Å². The highest BCUT2D eigenvalue weighted by Crippen LogP contribution is 2.35. The summed E-state index contributed by atoms with van der Waals surface area (Å²) in [5.41, 5.74) is 0.634. The molecule has 0 spiro atoms. The molecule has 4 heteroatoms. The Hall–Kier alpha value is -0.480. The number of aryl methyl sites for hydroxylation is 1. The van der Waals surface area contributed by atoms with Crippen molar-refractivity contribution < 1.29 is 4.39 Å². The summed E-state index contributed by atoms with van der Waals surface area (Å²) in [7, 11) is 1.77. The highest BCUT2D eigenvalue weighted by Gasteiger charge is 2.30. The third-order valence-electron chi connectivity index (χ3n) is 1.84. The molecule has 60 valence electrons. The number of aromatic nitrogens is 1. The van der Waals surface area contributed by atoms with E-state index in [0.29, 0.717) is 12.2 Å². The van der Waals surface area contributed by atoms with Gasteiger partial charge in [0.05, 0.1) is 5.01 Å². The van der Waals surface area contributed by atoms with E-state index in [1.807, 2.05) is 6.92 Å². The SMILES string of the molecule is Cc1nc2c(s1)CN(C)C2F. The second kappa shape index (κ2) is 2.25. The molecule has 0 amide bonds. The summed E-state index contributed by atoms with van der Waals surface area (Å²) in [4.78, 5) is 6.87. The highest BCUT2D eigenvalue weighted by atomic mass is 32.1. The Morgan fingerprint density at radius 2 is 2.45 bits per heavy atom. The molecule has 0 aliphatic carbocycles. The number of halogens is 1. The van der Waals surface area contributed by atoms with Crippen LogP contribution >= 0.6 is 11.3 Å². The molecule has 2 heterocycles. The van der Waals surface area contributed by atoms with Crippen molar-refractivity contribution >= 4 is 11.3 Å². The van der Waals surface area contributed by atoms with Gasteiger partial charge in [-0.05, 0) is 14.0 Å². The van der Waals surface area contributed by atoms with Gasteiger partial charge in [-0.15, -0.1) is 11.3 Å². The molecule has 1 aliphatic heterocycles. The van der Waals surface area contributed by atoms with Crippen molar-refractivity contribution in [3.63, 3.8) is 0 Å². The number of thiazole rings is 1. The van der Waals surface area contributed by atoms with E-state index >= 15 is 0 Å². The Morgan fingerprint density at radius 3 is 3.09 bits per heavy atom. The van der Waals surface area contributed by atoms with E-state index in [2.05, 4.69) is 4.98 Å². The Balaban J connectivity index is 2.44. The molecule has 0 bridgehead atoms. The molecule has 1 aromatic rings. The van der Waals surface area contributed by atoms with E-state index in [9.17, 15) is 4.39 Å². The minimum atomic E-state index is -0.977. The molecule has 1 aliphatic rings. The van der Waals surface area contributed by atoms with E-state index in [1.54, 1.807) is 23.3 Å². The average molecular weight is 172 g/mol. The second-order valence-electron chi connectivity index (χ2n) is 2.79. The van der Waals surface area contributed by atoms with Gasteiger partial charge in [-0.1, -0.05) is 0 Å². The van der Waals surface area contributed by atoms with Crippen molar-refractivity contribution in [3.05, 3.63) is 15.6 Å². The second-order valence-corrected chi connectivity index (χ2v) is 4.08.